The van der Waals surface area contributed by atoms with Crippen LogP contribution in [0.25, 0.3) is 22.5 Å². The SMILES string of the molecule is COc1ccc(CN(Cc2ccc(OC)cc2)S(=O)(=O)c2c(S(=O)O)ccc(-c3cccnc3NC(=O)OC(C)(C)C)c2-c2nnn(Cc3ccc(OC)cc3)n2)cc1. The molecular formula is C41H43N7O9S2. The van der Waals surface area contributed by atoms with Crippen molar-refractivity contribution in [3.63, 3.8) is 0 Å². The average molecular weight is 842 g/mol. The van der Waals surface area contributed by atoms with E-state index in [-0.39, 0.29) is 48.0 Å². The highest BCUT2D eigenvalue weighted by molar-refractivity contribution is 7.90. The van der Waals surface area contributed by atoms with Gasteiger partial charge in [0.25, 0.3) is 0 Å². The van der Waals surface area contributed by atoms with Crippen molar-refractivity contribution in [2.45, 2.75) is 55.8 Å². The van der Waals surface area contributed by atoms with Crippen molar-refractivity contribution in [2.24, 2.45) is 0 Å². The van der Waals surface area contributed by atoms with E-state index in [1.54, 1.807) is 101 Å². The fourth-order valence-electron chi connectivity index (χ4n) is 6.05. The summed E-state index contributed by atoms with van der Waals surface area (Å²) in [5.41, 5.74) is 1.40. The Hall–Kier alpha value is -6.21. The quantitative estimate of drug-likeness (QED) is 0.103. The molecule has 0 bridgehead atoms. The summed E-state index contributed by atoms with van der Waals surface area (Å²) in [6.45, 7) is 4.95. The summed E-state index contributed by atoms with van der Waals surface area (Å²) in [4.78, 5) is 17.7. The molecule has 2 aromatic heterocycles. The first kappa shape index (κ1) is 42.4. The van der Waals surface area contributed by atoms with Crippen LogP contribution in [-0.2, 0) is 45.5 Å². The molecule has 0 saturated carbocycles. The van der Waals surface area contributed by atoms with Crippen LogP contribution in [0.5, 0.6) is 17.2 Å². The molecule has 18 heteroatoms. The summed E-state index contributed by atoms with van der Waals surface area (Å²) in [6.07, 6.45) is 0.633. The van der Waals surface area contributed by atoms with Gasteiger partial charge in [0.15, 0.2) is 11.1 Å². The van der Waals surface area contributed by atoms with Crippen molar-refractivity contribution in [3.05, 3.63) is 120 Å². The number of ether oxygens (including phenoxy) is 4. The third-order valence-electron chi connectivity index (χ3n) is 8.82. The number of sulfonamides is 1. The van der Waals surface area contributed by atoms with E-state index in [1.807, 2.05) is 12.1 Å². The average Bonchev–Trinajstić information content (AvgIpc) is 3.68. The van der Waals surface area contributed by atoms with Gasteiger partial charge < -0.3 is 23.5 Å². The van der Waals surface area contributed by atoms with Crippen molar-refractivity contribution in [1.29, 1.82) is 0 Å². The largest absolute Gasteiger partial charge is 0.497 e. The third-order valence-corrected chi connectivity index (χ3v) is 11.5. The minimum Gasteiger partial charge on any atom is -0.497 e. The molecule has 1 unspecified atom stereocenters. The second kappa shape index (κ2) is 18.2. The maximum atomic E-state index is 15.5. The fraction of sp³-hybridized carbons (Fsp3) is 0.244. The Labute approximate surface area is 344 Å². The van der Waals surface area contributed by atoms with Gasteiger partial charge in [-0.3, -0.25) is 5.32 Å². The molecule has 0 radical (unpaired) electrons. The number of benzene rings is 4. The number of amides is 1. The Bertz CT molecular complexity index is 2490. The van der Waals surface area contributed by atoms with Crippen LogP contribution in [0, 0.1) is 0 Å². The van der Waals surface area contributed by atoms with Crippen LogP contribution >= 0.6 is 0 Å². The number of pyridine rings is 1. The maximum absolute atomic E-state index is 15.5. The number of aromatic nitrogens is 5. The molecule has 0 fully saturated rings. The lowest BCUT2D eigenvalue weighted by molar-refractivity contribution is 0.0635. The Kier molecular flexibility index (Phi) is 13.0. The molecule has 1 amide bonds. The van der Waals surface area contributed by atoms with Gasteiger partial charge in [0.05, 0.1) is 38.3 Å². The van der Waals surface area contributed by atoms with E-state index >= 15 is 8.42 Å². The smallest absolute Gasteiger partial charge is 0.413 e. The van der Waals surface area contributed by atoms with Crippen molar-refractivity contribution in [3.8, 4) is 39.8 Å². The lowest BCUT2D eigenvalue weighted by Crippen LogP contribution is -2.32. The zero-order valence-electron chi connectivity index (χ0n) is 33.1. The van der Waals surface area contributed by atoms with Gasteiger partial charge >= 0.3 is 6.09 Å². The summed E-state index contributed by atoms with van der Waals surface area (Å²) in [5, 5.41) is 15.9. The number of carbonyl (C=O) groups excluding carboxylic acids is 1. The molecule has 4 aromatic carbocycles. The van der Waals surface area contributed by atoms with Crippen molar-refractivity contribution in [1.82, 2.24) is 29.5 Å². The van der Waals surface area contributed by atoms with E-state index in [4.69, 9.17) is 18.9 Å². The van der Waals surface area contributed by atoms with Gasteiger partial charge in [0.1, 0.15) is 33.6 Å². The first-order valence-corrected chi connectivity index (χ1v) is 20.6. The molecule has 308 valence electrons. The zero-order chi connectivity index (χ0) is 42.3. The monoisotopic (exact) mass is 841 g/mol. The van der Waals surface area contributed by atoms with Gasteiger partial charge in [-0.2, -0.15) is 9.10 Å². The number of anilines is 1. The van der Waals surface area contributed by atoms with Gasteiger partial charge in [-0.1, -0.05) is 42.5 Å². The molecule has 1 atom stereocenters. The van der Waals surface area contributed by atoms with E-state index in [0.29, 0.717) is 28.4 Å². The summed E-state index contributed by atoms with van der Waals surface area (Å²) in [6, 6.07) is 26.8. The minimum absolute atomic E-state index is 0.0168. The van der Waals surface area contributed by atoms with Crippen molar-refractivity contribution < 1.29 is 40.9 Å². The van der Waals surface area contributed by atoms with Gasteiger partial charge in [-0.15, -0.1) is 10.2 Å². The molecule has 0 aliphatic rings. The first-order chi connectivity index (χ1) is 28.2. The van der Waals surface area contributed by atoms with Crippen LogP contribution in [0.15, 0.2) is 113 Å². The van der Waals surface area contributed by atoms with E-state index in [2.05, 4.69) is 25.7 Å². The van der Waals surface area contributed by atoms with E-state index in [9.17, 15) is 13.6 Å². The summed E-state index contributed by atoms with van der Waals surface area (Å²) in [5.74, 6) is 1.63. The first-order valence-electron chi connectivity index (χ1n) is 18.1. The number of rotatable bonds is 15. The highest BCUT2D eigenvalue weighted by Gasteiger charge is 2.36. The zero-order valence-corrected chi connectivity index (χ0v) is 34.8. The number of hydrogen-bond acceptors (Lipinski definition) is 12. The van der Waals surface area contributed by atoms with Crippen LogP contribution in [0.4, 0.5) is 10.6 Å². The summed E-state index contributed by atoms with van der Waals surface area (Å²) >= 11 is -2.85. The Morgan fingerprint density at radius 1 is 0.797 bits per heavy atom. The predicted octanol–water partition coefficient (Wildman–Crippen LogP) is 6.79. The van der Waals surface area contributed by atoms with Gasteiger partial charge in [0.2, 0.25) is 15.8 Å². The lowest BCUT2D eigenvalue weighted by atomic mass is 9.99. The lowest BCUT2D eigenvalue weighted by Gasteiger charge is -2.26. The molecule has 6 rings (SSSR count). The molecular weight excluding hydrogens is 799 g/mol. The standard InChI is InChI=1S/C41H43N7O9S2/c1-41(2,3)57-40(49)43-38-34(8-7-23-42-38)33-21-22-35(58(50)51)37(36(33)39-44-46-48(45-39)26-29-13-19-32(56-6)20-14-29)59(52,53)47(24-27-9-15-30(54-4)16-10-27)25-28-11-17-31(55-5)18-12-28/h7-23H,24-26H2,1-6H3,(H,50,51)(H,42,43,49). The molecule has 6 aromatic rings. The summed E-state index contributed by atoms with van der Waals surface area (Å²) < 4.78 is 77.7. The second-order valence-electron chi connectivity index (χ2n) is 14.1. The van der Waals surface area contributed by atoms with E-state index in [0.717, 1.165) is 5.56 Å². The van der Waals surface area contributed by atoms with Crippen molar-refractivity contribution >= 4 is 33.0 Å². The van der Waals surface area contributed by atoms with Crippen LogP contribution in [-0.4, -0.2) is 79.7 Å². The number of methoxy groups -OCH3 is 3. The molecule has 0 aliphatic carbocycles. The minimum atomic E-state index is -4.78. The number of hydrogen-bond donors (Lipinski definition) is 2. The predicted molar refractivity (Wildman–Crippen MR) is 220 cm³/mol. The van der Waals surface area contributed by atoms with Gasteiger partial charge in [-0.25, -0.2) is 22.4 Å². The highest BCUT2D eigenvalue weighted by Crippen LogP contribution is 2.42. The maximum Gasteiger partial charge on any atom is 0.413 e. The van der Waals surface area contributed by atoms with Gasteiger partial charge in [0, 0.05) is 24.8 Å². The topological polar surface area (TPSA) is 197 Å². The van der Waals surface area contributed by atoms with Crippen LogP contribution in [0.2, 0.25) is 0 Å². The Morgan fingerprint density at radius 2 is 1.34 bits per heavy atom. The van der Waals surface area contributed by atoms with Crippen LogP contribution in [0.3, 0.4) is 0 Å². The Morgan fingerprint density at radius 3 is 1.85 bits per heavy atom. The molecule has 0 spiro atoms. The molecule has 0 aliphatic heterocycles. The number of nitrogens with zero attached hydrogens (tertiary/aromatic N) is 6. The molecule has 2 N–H and O–H groups in total. The number of nitrogens with one attached hydrogen (secondary N) is 1. The fourth-order valence-corrected chi connectivity index (χ4v) is 8.71. The number of tetrazole rings is 1. The Balaban J connectivity index is 1.58. The third kappa shape index (κ3) is 10.3. The van der Waals surface area contributed by atoms with E-state index in [1.165, 1.54) is 41.7 Å². The normalized spacial score (nSPS) is 12.2. The van der Waals surface area contributed by atoms with Crippen molar-refractivity contribution in [2.75, 3.05) is 26.6 Å². The van der Waals surface area contributed by atoms with Crippen LogP contribution in [0.1, 0.15) is 37.5 Å². The molecule has 2 heterocycles. The van der Waals surface area contributed by atoms with E-state index < -0.39 is 42.6 Å². The molecule has 16 nitrogen and oxygen atoms in total. The summed E-state index contributed by atoms with van der Waals surface area (Å²) in [7, 11) is -0.166. The highest BCUT2D eigenvalue weighted by atomic mass is 32.2. The second-order valence-corrected chi connectivity index (χ2v) is 16.9. The number of carbonyl (C=O) groups is 1. The van der Waals surface area contributed by atoms with Gasteiger partial charge in [-0.05, 0) is 103 Å². The molecule has 0 saturated heterocycles. The van der Waals surface area contributed by atoms with Crippen LogP contribution < -0.4 is 19.5 Å². The molecule has 59 heavy (non-hydrogen) atoms.